The van der Waals surface area contributed by atoms with Crippen LogP contribution in [0.1, 0.15) is 42.6 Å². The number of rotatable bonds is 4. The van der Waals surface area contributed by atoms with Crippen LogP contribution in [0.25, 0.3) is 0 Å². The number of carbonyl (C=O) groups excluding carboxylic acids is 1. The Bertz CT molecular complexity index is 826. The van der Waals surface area contributed by atoms with Crippen molar-refractivity contribution in [2.45, 2.75) is 38.1 Å². The maximum Gasteiger partial charge on any atom is 0.228 e. The summed E-state index contributed by atoms with van der Waals surface area (Å²) >= 11 is 5.98. The number of nitrogens with zero attached hydrogens (tertiary/aromatic N) is 2. The van der Waals surface area contributed by atoms with Crippen LogP contribution in [0.3, 0.4) is 0 Å². The minimum atomic E-state index is 0.0166. The van der Waals surface area contributed by atoms with E-state index in [2.05, 4.69) is 36.0 Å². The molecule has 3 unspecified atom stereocenters. The zero-order chi connectivity index (χ0) is 19.5. The number of hydrogen-bond donors (Lipinski definition) is 2. The van der Waals surface area contributed by atoms with E-state index < -0.39 is 0 Å². The van der Waals surface area contributed by atoms with Crippen LogP contribution in [-0.2, 0) is 11.2 Å². The average molecular weight is 399 g/mol. The van der Waals surface area contributed by atoms with Crippen LogP contribution >= 0.6 is 11.6 Å². The summed E-state index contributed by atoms with van der Waals surface area (Å²) < 4.78 is 0. The van der Waals surface area contributed by atoms with Gasteiger partial charge in [0.2, 0.25) is 5.91 Å². The van der Waals surface area contributed by atoms with Crippen LogP contribution in [0.5, 0.6) is 0 Å². The molecule has 5 nitrogen and oxygen atoms in total. The summed E-state index contributed by atoms with van der Waals surface area (Å²) in [5.74, 6) is 0.579. The minimum absolute atomic E-state index is 0.0166. The fourth-order valence-corrected chi connectivity index (χ4v) is 4.32. The van der Waals surface area contributed by atoms with Gasteiger partial charge in [0, 0.05) is 54.4 Å². The Balaban J connectivity index is 1.44. The number of piperidine rings is 1. The fourth-order valence-electron chi connectivity index (χ4n) is 4.20. The van der Waals surface area contributed by atoms with Crippen LogP contribution < -0.4 is 10.9 Å². The maximum absolute atomic E-state index is 12.9. The summed E-state index contributed by atoms with van der Waals surface area (Å²) in [6, 6.07) is 14.4. The van der Waals surface area contributed by atoms with E-state index in [1.807, 2.05) is 29.2 Å². The predicted molar refractivity (Wildman–Crippen MR) is 111 cm³/mol. The predicted octanol–water partition coefficient (Wildman–Crippen LogP) is 3.14. The summed E-state index contributed by atoms with van der Waals surface area (Å²) in [4.78, 5) is 19.9. The number of aromatic nitrogens is 1. The molecule has 28 heavy (non-hydrogen) atoms. The van der Waals surface area contributed by atoms with Crippen LogP contribution in [0.2, 0.25) is 5.02 Å². The van der Waals surface area contributed by atoms with Gasteiger partial charge in [-0.3, -0.25) is 20.6 Å². The van der Waals surface area contributed by atoms with Gasteiger partial charge in [-0.25, -0.2) is 0 Å². The summed E-state index contributed by atoms with van der Waals surface area (Å²) in [5, 5.41) is 0.749. The molecule has 2 aliphatic heterocycles. The van der Waals surface area contributed by atoms with Gasteiger partial charge in [-0.05, 0) is 49.6 Å². The van der Waals surface area contributed by atoms with E-state index in [0.717, 1.165) is 48.8 Å². The molecule has 3 heterocycles. The second-order valence-corrected chi connectivity index (χ2v) is 8.34. The third-order valence-electron chi connectivity index (χ3n) is 5.85. The SMILES string of the molecule is CC1NNCC1C(=O)N1CCCC(c2cccc(Cc3ccc(Cl)cc3)n2)C1. The summed E-state index contributed by atoms with van der Waals surface area (Å²) in [6.45, 7) is 4.38. The first-order valence-corrected chi connectivity index (χ1v) is 10.5. The fraction of sp³-hybridized carbons (Fsp3) is 0.455. The van der Waals surface area contributed by atoms with Crippen LogP contribution in [-0.4, -0.2) is 41.5 Å². The van der Waals surface area contributed by atoms with Gasteiger partial charge >= 0.3 is 0 Å². The van der Waals surface area contributed by atoms with Crippen molar-refractivity contribution >= 4 is 17.5 Å². The van der Waals surface area contributed by atoms with Gasteiger partial charge in [0.15, 0.2) is 0 Å². The van der Waals surface area contributed by atoms with Gasteiger partial charge in [0.1, 0.15) is 0 Å². The molecule has 3 atom stereocenters. The lowest BCUT2D eigenvalue weighted by atomic mass is 9.92. The molecular formula is C22H27ClN4O. The Labute approximate surface area is 171 Å². The first-order chi connectivity index (χ1) is 13.6. The van der Waals surface area contributed by atoms with Crippen molar-refractivity contribution in [1.29, 1.82) is 0 Å². The van der Waals surface area contributed by atoms with E-state index in [1.54, 1.807) is 0 Å². The zero-order valence-electron chi connectivity index (χ0n) is 16.2. The number of hydrazine groups is 1. The normalized spacial score (nSPS) is 25.1. The molecule has 2 saturated heterocycles. The van der Waals surface area contributed by atoms with Crippen molar-refractivity contribution in [3.05, 3.63) is 64.4 Å². The molecule has 148 valence electrons. The molecule has 0 aliphatic carbocycles. The number of hydrogen-bond acceptors (Lipinski definition) is 4. The molecule has 2 aliphatic rings. The van der Waals surface area contributed by atoms with Crippen molar-refractivity contribution in [1.82, 2.24) is 20.7 Å². The Morgan fingerprint density at radius 1 is 1.25 bits per heavy atom. The van der Waals surface area contributed by atoms with Gasteiger partial charge in [-0.1, -0.05) is 29.8 Å². The summed E-state index contributed by atoms with van der Waals surface area (Å²) in [5.41, 5.74) is 9.60. The van der Waals surface area contributed by atoms with E-state index in [4.69, 9.17) is 16.6 Å². The molecule has 2 fully saturated rings. The molecule has 1 aromatic heterocycles. The van der Waals surface area contributed by atoms with Crippen LogP contribution in [0, 0.1) is 5.92 Å². The molecule has 0 radical (unpaired) electrons. The standard InChI is InChI=1S/C22H27ClN4O/c1-15-20(13-24-26-15)22(28)27-11-3-4-17(14-27)21-6-2-5-19(25-21)12-16-7-9-18(23)10-8-16/h2,5-10,15,17,20,24,26H,3-4,11-14H2,1H3. The third-order valence-corrected chi connectivity index (χ3v) is 6.10. The number of pyridine rings is 1. The Kier molecular flexibility index (Phi) is 5.95. The minimum Gasteiger partial charge on any atom is -0.342 e. The number of amides is 1. The largest absolute Gasteiger partial charge is 0.342 e. The molecule has 1 amide bonds. The maximum atomic E-state index is 12.9. The monoisotopic (exact) mass is 398 g/mol. The molecule has 1 aromatic carbocycles. The van der Waals surface area contributed by atoms with E-state index in [9.17, 15) is 4.79 Å². The van der Waals surface area contributed by atoms with Crippen LogP contribution in [0.4, 0.5) is 0 Å². The highest BCUT2D eigenvalue weighted by Gasteiger charge is 2.35. The molecule has 0 saturated carbocycles. The lowest BCUT2D eigenvalue weighted by Crippen LogP contribution is -2.45. The Morgan fingerprint density at radius 2 is 2.07 bits per heavy atom. The van der Waals surface area contributed by atoms with Crippen molar-refractivity contribution in [3.8, 4) is 0 Å². The number of carbonyl (C=O) groups is 1. The molecule has 6 heteroatoms. The van der Waals surface area contributed by atoms with E-state index in [1.165, 1.54) is 5.56 Å². The number of benzene rings is 1. The number of halogens is 1. The lowest BCUT2D eigenvalue weighted by Gasteiger charge is -2.34. The van der Waals surface area contributed by atoms with Crippen molar-refractivity contribution < 1.29 is 4.79 Å². The van der Waals surface area contributed by atoms with Crippen molar-refractivity contribution in [2.75, 3.05) is 19.6 Å². The second kappa shape index (κ2) is 8.60. The molecule has 2 aromatic rings. The van der Waals surface area contributed by atoms with Gasteiger partial charge < -0.3 is 4.90 Å². The summed E-state index contributed by atoms with van der Waals surface area (Å²) in [6.07, 6.45) is 2.90. The van der Waals surface area contributed by atoms with E-state index in [0.29, 0.717) is 12.5 Å². The Hall–Kier alpha value is -1.95. The van der Waals surface area contributed by atoms with Gasteiger partial charge in [0.25, 0.3) is 0 Å². The highest BCUT2D eigenvalue weighted by molar-refractivity contribution is 6.30. The molecule has 0 spiro atoms. The number of likely N-dealkylation sites (tertiary alicyclic amines) is 1. The highest BCUT2D eigenvalue weighted by Crippen LogP contribution is 2.27. The first kappa shape index (κ1) is 19.4. The lowest BCUT2D eigenvalue weighted by molar-refractivity contribution is -0.136. The van der Waals surface area contributed by atoms with E-state index in [-0.39, 0.29) is 17.9 Å². The number of nitrogens with one attached hydrogen (secondary N) is 2. The smallest absolute Gasteiger partial charge is 0.228 e. The van der Waals surface area contributed by atoms with Gasteiger partial charge in [-0.2, -0.15) is 0 Å². The quantitative estimate of drug-likeness (QED) is 0.830. The second-order valence-electron chi connectivity index (χ2n) is 7.90. The zero-order valence-corrected chi connectivity index (χ0v) is 17.0. The topological polar surface area (TPSA) is 57.3 Å². The van der Waals surface area contributed by atoms with Crippen molar-refractivity contribution in [2.24, 2.45) is 5.92 Å². The van der Waals surface area contributed by atoms with Gasteiger partial charge in [-0.15, -0.1) is 0 Å². The van der Waals surface area contributed by atoms with E-state index >= 15 is 0 Å². The van der Waals surface area contributed by atoms with Crippen LogP contribution in [0.15, 0.2) is 42.5 Å². The van der Waals surface area contributed by atoms with Gasteiger partial charge in [0.05, 0.1) is 5.92 Å². The highest BCUT2D eigenvalue weighted by atomic mass is 35.5. The summed E-state index contributed by atoms with van der Waals surface area (Å²) in [7, 11) is 0. The first-order valence-electron chi connectivity index (χ1n) is 10.1. The Morgan fingerprint density at radius 3 is 2.82 bits per heavy atom. The molecule has 4 rings (SSSR count). The van der Waals surface area contributed by atoms with Crippen molar-refractivity contribution in [3.63, 3.8) is 0 Å². The third kappa shape index (κ3) is 4.37. The molecule has 0 bridgehead atoms. The molecule has 2 N–H and O–H groups in total. The average Bonchev–Trinajstić information content (AvgIpc) is 3.15. The molecular weight excluding hydrogens is 372 g/mol.